The molecule has 0 rings (SSSR count). The highest BCUT2D eigenvalue weighted by atomic mass is 79.9. The maximum Gasteiger partial charge on any atom is 0.306 e. The van der Waals surface area contributed by atoms with E-state index in [1.54, 1.807) is 0 Å². The molecule has 290 valence electrons. The third-order valence-corrected chi connectivity index (χ3v) is 9.69. The lowest BCUT2D eigenvalue weighted by atomic mass is 10.1. The number of ether oxygens (including phenoxy) is 2. The van der Waals surface area contributed by atoms with E-state index in [4.69, 9.17) is 9.47 Å². The van der Waals surface area contributed by atoms with E-state index in [0.29, 0.717) is 13.2 Å². The van der Waals surface area contributed by atoms with Gasteiger partial charge in [0.1, 0.15) is 26.3 Å². The first kappa shape index (κ1) is 52.2. The quantitative estimate of drug-likeness (QED) is 0.0541. The fourth-order valence-electron chi connectivity index (χ4n) is 6.15. The predicted octanol–water partition coefficient (Wildman–Crippen LogP) is 4.42. The molecule has 0 saturated carbocycles. The minimum Gasteiger partial charge on any atom is -1.00 e. The van der Waals surface area contributed by atoms with E-state index >= 15 is 0 Å². The van der Waals surface area contributed by atoms with Crippen molar-refractivity contribution in [2.75, 3.05) is 67.6 Å². The molecule has 8 heteroatoms. The molecule has 0 aromatic heterocycles. The van der Waals surface area contributed by atoms with Gasteiger partial charge >= 0.3 is 11.9 Å². The van der Waals surface area contributed by atoms with Crippen LogP contribution >= 0.6 is 0 Å². The summed E-state index contributed by atoms with van der Waals surface area (Å²) in [5.41, 5.74) is 0. The second kappa shape index (κ2) is 36.6. The Morgan fingerprint density at radius 2 is 0.604 bits per heavy atom. The molecule has 0 saturated heterocycles. The van der Waals surface area contributed by atoms with Gasteiger partial charge in [0.25, 0.3) is 0 Å². The second-order valence-electron chi connectivity index (χ2n) is 15.5. The standard InChI is InChI=1S/C40H82N2O4.2BrH/c1-7-9-11-13-15-17-19-21-23-25-27-29-33-41(3,4)35-37-45-39(43)31-32-40(44)46-38-36-42(5,6)34-30-28-26-24-22-20-18-16-14-12-10-8-2;;/h7-38H2,1-6H3;2*1H/q+2;;/p-2. The van der Waals surface area contributed by atoms with Crippen LogP contribution in [0.2, 0.25) is 0 Å². The molecule has 0 aromatic carbocycles. The van der Waals surface area contributed by atoms with Crippen LogP contribution in [0, 0.1) is 0 Å². The molecule has 48 heavy (non-hydrogen) atoms. The first-order valence-electron chi connectivity index (χ1n) is 20.1. The van der Waals surface area contributed by atoms with Gasteiger partial charge in [0, 0.05) is 0 Å². The SMILES string of the molecule is CCCCCCCCCCCCCC[N+](C)(C)CCOC(=O)CCC(=O)OCC[N+](C)(C)CCCCCCCCCCCCCC.[Br-].[Br-]. The molecule has 0 fully saturated rings. The molecule has 0 spiro atoms. The molecule has 0 atom stereocenters. The number of esters is 2. The molecular formula is C40H82Br2N2O4. The number of hydrogen-bond donors (Lipinski definition) is 0. The van der Waals surface area contributed by atoms with Crippen molar-refractivity contribution in [2.24, 2.45) is 0 Å². The molecule has 0 N–H and O–H groups in total. The third kappa shape index (κ3) is 38.6. The Morgan fingerprint density at radius 3 is 0.854 bits per heavy atom. The van der Waals surface area contributed by atoms with Crippen molar-refractivity contribution in [3.8, 4) is 0 Å². The average molecular weight is 815 g/mol. The highest BCUT2D eigenvalue weighted by molar-refractivity contribution is 5.77. The second-order valence-corrected chi connectivity index (χ2v) is 15.5. The normalized spacial score (nSPS) is 11.5. The predicted molar refractivity (Wildman–Crippen MR) is 197 cm³/mol. The first-order valence-corrected chi connectivity index (χ1v) is 20.1. The molecule has 0 radical (unpaired) electrons. The van der Waals surface area contributed by atoms with Gasteiger partial charge in [0.15, 0.2) is 0 Å². The van der Waals surface area contributed by atoms with Crippen molar-refractivity contribution in [2.45, 2.75) is 181 Å². The maximum absolute atomic E-state index is 12.2. The number of carbonyl (C=O) groups is 2. The zero-order valence-electron chi connectivity index (χ0n) is 32.9. The fraction of sp³-hybridized carbons (Fsp3) is 0.950. The smallest absolute Gasteiger partial charge is 0.306 e. The molecule has 0 unspecified atom stereocenters. The number of carbonyl (C=O) groups excluding carboxylic acids is 2. The third-order valence-electron chi connectivity index (χ3n) is 9.69. The van der Waals surface area contributed by atoms with E-state index < -0.39 is 0 Å². The number of quaternary nitrogens is 2. The van der Waals surface area contributed by atoms with Crippen LogP contribution in [0.15, 0.2) is 0 Å². The summed E-state index contributed by atoms with van der Waals surface area (Å²) < 4.78 is 12.6. The number of likely N-dealkylation sites (N-methyl/N-ethyl adjacent to an activating group) is 2. The monoisotopic (exact) mass is 812 g/mol. The molecule has 0 aromatic rings. The molecule has 0 amide bonds. The molecular weight excluding hydrogens is 732 g/mol. The number of halogens is 2. The van der Waals surface area contributed by atoms with Gasteiger partial charge in [0.2, 0.25) is 0 Å². The van der Waals surface area contributed by atoms with E-state index in [2.05, 4.69) is 42.0 Å². The molecule has 6 nitrogen and oxygen atoms in total. The minimum atomic E-state index is -0.301. The van der Waals surface area contributed by atoms with Crippen molar-refractivity contribution >= 4 is 11.9 Å². The van der Waals surface area contributed by atoms with Gasteiger partial charge < -0.3 is 52.4 Å². The maximum atomic E-state index is 12.2. The van der Waals surface area contributed by atoms with Gasteiger partial charge in [-0.25, -0.2) is 0 Å². The zero-order valence-corrected chi connectivity index (χ0v) is 36.1. The molecule has 0 heterocycles. The van der Waals surface area contributed by atoms with Crippen LogP contribution < -0.4 is 34.0 Å². The van der Waals surface area contributed by atoms with Gasteiger partial charge in [-0.15, -0.1) is 0 Å². The first-order chi connectivity index (χ1) is 22.1. The van der Waals surface area contributed by atoms with E-state index in [0.717, 1.165) is 35.1 Å². The Bertz CT molecular complexity index is 649. The zero-order chi connectivity index (χ0) is 34.2. The van der Waals surface area contributed by atoms with Gasteiger partial charge in [-0.1, -0.05) is 142 Å². The number of nitrogens with zero attached hydrogens (tertiary/aromatic N) is 2. The van der Waals surface area contributed by atoms with Crippen LogP contribution in [0.4, 0.5) is 0 Å². The summed E-state index contributed by atoms with van der Waals surface area (Å²) in [4.78, 5) is 24.4. The number of hydrogen-bond acceptors (Lipinski definition) is 4. The lowest BCUT2D eigenvalue weighted by Gasteiger charge is -2.29. The summed E-state index contributed by atoms with van der Waals surface area (Å²) >= 11 is 0. The molecule has 0 bridgehead atoms. The lowest BCUT2D eigenvalue weighted by Crippen LogP contribution is -3.00. The fourth-order valence-corrected chi connectivity index (χ4v) is 6.15. The summed E-state index contributed by atoms with van der Waals surface area (Å²) in [6, 6.07) is 0. The van der Waals surface area contributed by atoms with Crippen LogP contribution in [0.1, 0.15) is 181 Å². The van der Waals surface area contributed by atoms with Crippen molar-refractivity contribution in [1.29, 1.82) is 0 Å². The Morgan fingerprint density at radius 1 is 0.375 bits per heavy atom. The van der Waals surface area contributed by atoms with Crippen molar-refractivity contribution in [3.05, 3.63) is 0 Å². The number of unbranched alkanes of at least 4 members (excludes halogenated alkanes) is 22. The van der Waals surface area contributed by atoms with Gasteiger partial charge in [0.05, 0.1) is 54.1 Å². The molecule has 0 aliphatic heterocycles. The van der Waals surface area contributed by atoms with Crippen molar-refractivity contribution in [1.82, 2.24) is 0 Å². The Kier molecular flexibility index (Phi) is 39.8. The minimum absolute atomic E-state index is 0. The Labute approximate surface area is 320 Å². The van der Waals surface area contributed by atoms with Crippen LogP contribution in [0.25, 0.3) is 0 Å². The van der Waals surface area contributed by atoms with E-state index in [1.807, 2.05) is 0 Å². The number of rotatable bonds is 35. The topological polar surface area (TPSA) is 52.6 Å². The Balaban J connectivity index is -0.0000101. The summed E-state index contributed by atoms with van der Waals surface area (Å²) in [6.45, 7) is 9.19. The van der Waals surface area contributed by atoms with E-state index in [-0.39, 0.29) is 58.7 Å². The van der Waals surface area contributed by atoms with Gasteiger partial charge in [-0.05, 0) is 25.7 Å². The summed E-state index contributed by atoms with van der Waals surface area (Å²) in [5.74, 6) is -0.601. The van der Waals surface area contributed by atoms with Gasteiger partial charge in [-0.2, -0.15) is 0 Å². The van der Waals surface area contributed by atoms with Crippen LogP contribution in [0.5, 0.6) is 0 Å². The summed E-state index contributed by atoms with van der Waals surface area (Å²) in [7, 11) is 8.84. The average Bonchev–Trinajstić information content (AvgIpc) is 3.01. The summed E-state index contributed by atoms with van der Waals surface area (Å²) in [6.07, 6.45) is 32.9. The lowest BCUT2D eigenvalue weighted by molar-refractivity contribution is -0.890. The van der Waals surface area contributed by atoms with Crippen LogP contribution in [0.3, 0.4) is 0 Å². The van der Waals surface area contributed by atoms with Crippen molar-refractivity contribution in [3.63, 3.8) is 0 Å². The largest absolute Gasteiger partial charge is 1.00 e. The van der Waals surface area contributed by atoms with Crippen molar-refractivity contribution < 1.29 is 62.0 Å². The van der Waals surface area contributed by atoms with E-state index in [9.17, 15) is 9.59 Å². The summed E-state index contributed by atoms with van der Waals surface area (Å²) in [5, 5.41) is 0. The van der Waals surface area contributed by atoms with Crippen LogP contribution in [-0.4, -0.2) is 88.5 Å². The van der Waals surface area contributed by atoms with Gasteiger partial charge in [-0.3, -0.25) is 9.59 Å². The Hall–Kier alpha value is -0.180. The highest BCUT2D eigenvalue weighted by Gasteiger charge is 2.18. The van der Waals surface area contributed by atoms with E-state index in [1.165, 1.54) is 154 Å². The van der Waals surface area contributed by atoms with Crippen LogP contribution in [-0.2, 0) is 19.1 Å². The molecule has 0 aliphatic rings. The molecule has 0 aliphatic carbocycles. The highest BCUT2D eigenvalue weighted by Crippen LogP contribution is 2.14.